The van der Waals surface area contributed by atoms with Gasteiger partial charge in [0.15, 0.2) is 0 Å². The predicted octanol–water partition coefficient (Wildman–Crippen LogP) is 4.68. The molecule has 0 saturated carbocycles. The Morgan fingerprint density at radius 1 is 0.852 bits per heavy atom. The van der Waals surface area contributed by atoms with Gasteiger partial charge in [-0.25, -0.2) is 0 Å². The summed E-state index contributed by atoms with van der Waals surface area (Å²) in [6.45, 7) is 0.0784. The van der Waals surface area contributed by atoms with Crippen LogP contribution >= 0.6 is 0 Å². The fraction of sp³-hybridized carbons (Fsp3) is 0.200. The van der Waals surface area contributed by atoms with Crippen LogP contribution in [-0.4, -0.2) is 18.8 Å². The average Bonchev–Trinajstić information content (AvgIpc) is 2.75. The number of rotatable bonds is 6. The molecule has 0 aliphatic rings. The third-order valence-corrected chi connectivity index (χ3v) is 4.67. The molecule has 0 heterocycles. The van der Waals surface area contributed by atoms with Gasteiger partial charge in [0.2, 0.25) is 0 Å². The number of aliphatic hydroxyl groups excluding tert-OH is 1. The largest absolute Gasteiger partial charge is 0.497 e. The van der Waals surface area contributed by atoms with E-state index in [1.165, 1.54) is 5.56 Å². The van der Waals surface area contributed by atoms with Crippen molar-refractivity contribution in [3.8, 4) is 17.6 Å². The summed E-state index contributed by atoms with van der Waals surface area (Å²) in [6, 6.07) is 28.2. The molecule has 0 radical (unpaired) electrons. The molecular formula is C25H24O2. The zero-order chi connectivity index (χ0) is 18.9. The summed E-state index contributed by atoms with van der Waals surface area (Å²) in [6.07, 6.45) is 0.775. The van der Waals surface area contributed by atoms with Gasteiger partial charge in [0.1, 0.15) is 5.75 Å². The van der Waals surface area contributed by atoms with E-state index in [2.05, 4.69) is 24.0 Å². The van der Waals surface area contributed by atoms with Crippen LogP contribution in [0.2, 0.25) is 0 Å². The van der Waals surface area contributed by atoms with Crippen molar-refractivity contribution in [1.82, 2.24) is 0 Å². The minimum atomic E-state index is -0.0682. The van der Waals surface area contributed by atoms with Crippen molar-refractivity contribution >= 4 is 0 Å². The van der Waals surface area contributed by atoms with Crippen LogP contribution in [0.5, 0.6) is 5.75 Å². The minimum Gasteiger partial charge on any atom is -0.497 e. The van der Waals surface area contributed by atoms with Crippen molar-refractivity contribution in [1.29, 1.82) is 0 Å². The maximum atomic E-state index is 10.1. The Morgan fingerprint density at radius 3 is 2.07 bits per heavy atom. The van der Waals surface area contributed by atoms with Gasteiger partial charge >= 0.3 is 0 Å². The lowest BCUT2D eigenvalue weighted by Gasteiger charge is -2.22. The Balaban J connectivity index is 1.93. The Bertz CT molecular complexity index is 874. The van der Waals surface area contributed by atoms with Crippen LogP contribution in [0.1, 0.15) is 22.6 Å². The lowest BCUT2D eigenvalue weighted by molar-refractivity contribution is 0.216. The molecule has 0 aliphatic carbocycles. The highest BCUT2D eigenvalue weighted by molar-refractivity contribution is 5.40. The number of benzene rings is 3. The van der Waals surface area contributed by atoms with E-state index in [0.29, 0.717) is 0 Å². The van der Waals surface area contributed by atoms with Crippen LogP contribution < -0.4 is 4.74 Å². The van der Waals surface area contributed by atoms with Gasteiger partial charge in [-0.15, -0.1) is 0 Å². The lowest BCUT2D eigenvalue weighted by Crippen LogP contribution is -2.18. The molecule has 0 bridgehead atoms. The van der Waals surface area contributed by atoms with Gasteiger partial charge in [-0.05, 0) is 41.8 Å². The number of ether oxygens (including phenoxy) is 1. The standard InChI is InChI=1S/C25H24O2/c1-27-24-15-13-22(14-16-24)25(17-12-20-8-4-2-5-9-20)23(19-26)18-21-10-6-3-7-11-21/h2-11,13-16,23,25-26H,18-19H2,1H3/t23-,25-/m0/s1. The molecule has 0 aliphatic heterocycles. The molecule has 0 saturated heterocycles. The third-order valence-electron chi connectivity index (χ3n) is 4.67. The summed E-state index contributed by atoms with van der Waals surface area (Å²) in [5, 5.41) is 10.1. The normalized spacial score (nSPS) is 12.5. The Hall–Kier alpha value is -3.02. The van der Waals surface area contributed by atoms with Gasteiger partial charge < -0.3 is 9.84 Å². The first-order valence-electron chi connectivity index (χ1n) is 9.15. The summed E-state index contributed by atoms with van der Waals surface area (Å²) >= 11 is 0. The molecule has 3 aromatic carbocycles. The molecule has 1 N–H and O–H groups in total. The molecule has 27 heavy (non-hydrogen) atoms. The van der Waals surface area contributed by atoms with Crippen LogP contribution in [-0.2, 0) is 6.42 Å². The van der Waals surface area contributed by atoms with E-state index >= 15 is 0 Å². The topological polar surface area (TPSA) is 29.5 Å². The molecule has 2 nitrogen and oxygen atoms in total. The van der Waals surface area contributed by atoms with Gasteiger partial charge in [-0.1, -0.05) is 72.5 Å². The summed E-state index contributed by atoms with van der Waals surface area (Å²) in [5.41, 5.74) is 3.28. The van der Waals surface area contributed by atoms with Crippen molar-refractivity contribution in [2.24, 2.45) is 5.92 Å². The highest BCUT2D eigenvalue weighted by Crippen LogP contribution is 2.29. The van der Waals surface area contributed by atoms with E-state index in [1.807, 2.05) is 72.8 Å². The number of methoxy groups -OCH3 is 1. The first-order valence-corrected chi connectivity index (χ1v) is 9.15. The van der Waals surface area contributed by atoms with Crippen molar-refractivity contribution in [3.63, 3.8) is 0 Å². The predicted molar refractivity (Wildman–Crippen MR) is 110 cm³/mol. The van der Waals surface area contributed by atoms with E-state index in [0.717, 1.165) is 23.3 Å². The second kappa shape index (κ2) is 9.62. The Morgan fingerprint density at radius 2 is 1.48 bits per heavy atom. The smallest absolute Gasteiger partial charge is 0.118 e. The zero-order valence-corrected chi connectivity index (χ0v) is 15.5. The number of hydrogen-bond donors (Lipinski definition) is 1. The van der Waals surface area contributed by atoms with E-state index in [4.69, 9.17) is 4.74 Å². The molecule has 3 aromatic rings. The summed E-state index contributed by atoms with van der Waals surface area (Å²) in [5.74, 6) is 7.45. The van der Waals surface area contributed by atoms with Gasteiger partial charge in [0, 0.05) is 18.1 Å². The van der Waals surface area contributed by atoms with Crippen LogP contribution in [0.3, 0.4) is 0 Å². The van der Waals surface area contributed by atoms with Gasteiger partial charge in [0.25, 0.3) is 0 Å². The van der Waals surface area contributed by atoms with Gasteiger partial charge in [-0.2, -0.15) is 0 Å². The quantitative estimate of drug-likeness (QED) is 0.650. The second-order valence-electron chi connectivity index (χ2n) is 6.52. The van der Waals surface area contributed by atoms with Crippen LogP contribution in [0.4, 0.5) is 0 Å². The molecule has 3 rings (SSSR count). The SMILES string of the molecule is COc1ccc([C@H](C#Cc2ccccc2)[C@H](CO)Cc2ccccc2)cc1. The maximum absolute atomic E-state index is 10.1. The van der Waals surface area contributed by atoms with Crippen LogP contribution in [0, 0.1) is 17.8 Å². The highest BCUT2D eigenvalue weighted by atomic mass is 16.5. The van der Waals surface area contributed by atoms with E-state index < -0.39 is 0 Å². The molecular weight excluding hydrogens is 332 g/mol. The zero-order valence-electron chi connectivity index (χ0n) is 15.5. The van der Waals surface area contributed by atoms with E-state index in [9.17, 15) is 5.11 Å². The second-order valence-corrected chi connectivity index (χ2v) is 6.52. The van der Waals surface area contributed by atoms with Crippen LogP contribution in [0.15, 0.2) is 84.9 Å². The average molecular weight is 356 g/mol. The Kier molecular flexibility index (Phi) is 6.68. The van der Waals surface area contributed by atoms with E-state index in [1.54, 1.807) is 7.11 Å². The molecule has 0 fully saturated rings. The lowest BCUT2D eigenvalue weighted by atomic mass is 9.82. The Labute approximate surface area is 161 Å². The fourth-order valence-corrected chi connectivity index (χ4v) is 3.17. The molecule has 0 unspecified atom stereocenters. The van der Waals surface area contributed by atoms with Crippen molar-refractivity contribution in [2.45, 2.75) is 12.3 Å². The number of hydrogen-bond acceptors (Lipinski definition) is 2. The van der Waals surface area contributed by atoms with Crippen LogP contribution in [0.25, 0.3) is 0 Å². The molecule has 0 aromatic heterocycles. The molecule has 2 atom stereocenters. The first kappa shape index (κ1) is 18.8. The molecule has 136 valence electrons. The van der Waals surface area contributed by atoms with Gasteiger partial charge in [0.05, 0.1) is 13.0 Å². The molecule has 2 heteroatoms. The number of aliphatic hydroxyl groups is 1. The summed E-state index contributed by atoms with van der Waals surface area (Å²) in [4.78, 5) is 0. The van der Waals surface area contributed by atoms with E-state index in [-0.39, 0.29) is 18.4 Å². The maximum Gasteiger partial charge on any atom is 0.118 e. The highest BCUT2D eigenvalue weighted by Gasteiger charge is 2.21. The summed E-state index contributed by atoms with van der Waals surface area (Å²) in [7, 11) is 1.66. The van der Waals surface area contributed by atoms with Crippen molar-refractivity contribution in [2.75, 3.05) is 13.7 Å². The molecule has 0 spiro atoms. The van der Waals surface area contributed by atoms with Gasteiger partial charge in [-0.3, -0.25) is 0 Å². The minimum absolute atomic E-state index is 0.0111. The third kappa shape index (κ3) is 5.23. The monoisotopic (exact) mass is 356 g/mol. The summed E-state index contributed by atoms with van der Waals surface area (Å²) < 4.78 is 5.28. The molecule has 0 amide bonds. The van der Waals surface area contributed by atoms with Crippen molar-refractivity contribution < 1.29 is 9.84 Å². The van der Waals surface area contributed by atoms with Crippen molar-refractivity contribution in [3.05, 3.63) is 102 Å². The first-order chi connectivity index (χ1) is 13.3. The fourth-order valence-electron chi connectivity index (χ4n) is 3.17.